The lowest BCUT2D eigenvalue weighted by Crippen LogP contribution is -2.25. The Morgan fingerprint density at radius 2 is 2.16 bits per heavy atom. The average molecular weight is 283 g/mol. The topological polar surface area (TPSA) is 64.0 Å². The van der Waals surface area contributed by atoms with E-state index in [1.807, 2.05) is 0 Å². The van der Waals surface area contributed by atoms with Gasteiger partial charge in [0.2, 0.25) is 10.0 Å². The molecule has 0 radical (unpaired) electrons. The summed E-state index contributed by atoms with van der Waals surface area (Å²) in [6.07, 6.45) is 4.08. The first-order chi connectivity index (χ1) is 9.08. The quantitative estimate of drug-likeness (QED) is 0.815. The first-order valence-electron chi connectivity index (χ1n) is 5.80. The van der Waals surface area contributed by atoms with E-state index in [2.05, 4.69) is 9.82 Å². The second kappa shape index (κ2) is 5.94. The smallest absolute Gasteiger partial charge is 0.240 e. The fourth-order valence-corrected chi connectivity index (χ4v) is 2.70. The number of rotatable bonds is 6. The van der Waals surface area contributed by atoms with E-state index in [-0.39, 0.29) is 11.4 Å². The predicted molar refractivity (Wildman–Crippen MR) is 68.4 cm³/mol. The molecule has 0 atom stereocenters. The van der Waals surface area contributed by atoms with Crippen LogP contribution >= 0.6 is 0 Å². The van der Waals surface area contributed by atoms with E-state index in [9.17, 15) is 12.8 Å². The first kappa shape index (κ1) is 13.7. The van der Waals surface area contributed by atoms with Crippen molar-refractivity contribution in [1.82, 2.24) is 14.5 Å². The van der Waals surface area contributed by atoms with E-state index < -0.39 is 15.8 Å². The number of hydrogen-bond acceptors (Lipinski definition) is 3. The molecule has 1 heterocycles. The Morgan fingerprint density at radius 1 is 1.32 bits per heavy atom. The van der Waals surface area contributed by atoms with Crippen LogP contribution in [0.3, 0.4) is 0 Å². The fourth-order valence-electron chi connectivity index (χ4n) is 1.60. The standard InChI is InChI=1S/C12H14FN3O2S/c13-11-4-1-5-12(10-11)19(17,18)15-7-3-9-16-8-2-6-14-16/h1-2,4-6,8,10,15H,3,7,9H2. The highest BCUT2D eigenvalue weighted by molar-refractivity contribution is 7.89. The largest absolute Gasteiger partial charge is 0.273 e. The van der Waals surface area contributed by atoms with Gasteiger partial charge >= 0.3 is 0 Å². The zero-order valence-corrected chi connectivity index (χ0v) is 11.0. The number of sulfonamides is 1. The number of aryl methyl sites for hydroxylation is 1. The van der Waals surface area contributed by atoms with Crippen LogP contribution in [0.4, 0.5) is 4.39 Å². The molecule has 0 aliphatic heterocycles. The zero-order chi connectivity index (χ0) is 13.7. The Hall–Kier alpha value is -1.73. The van der Waals surface area contributed by atoms with Crippen molar-refractivity contribution < 1.29 is 12.8 Å². The van der Waals surface area contributed by atoms with Gasteiger partial charge in [0, 0.05) is 25.5 Å². The molecule has 0 fully saturated rings. The van der Waals surface area contributed by atoms with Crippen LogP contribution in [-0.2, 0) is 16.6 Å². The Balaban J connectivity index is 1.88. The average Bonchev–Trinajstić information content (AvgIpc) is 2.88. The van der Waals surface area contributed by atoms with Crippen LogP contribution in [0.5, 0.6) is 0 Å². The molecule has 1 aromatic carbocycles. The highest BCUT2D eigenvalue weighted by Gasteiger charge is 2.13. The third-order valence-electron chi connectivity index (χ3n) is 2.52. The molecule has 1 aromatic heterocycles. The van der Waals surface area contributed by atoms with Gasteiger partial charge in [-0.25, -0.2) is 17.5 Å². The van der Waals surface area contributed by atoms with Crippen LogP contribution in [0.25, 0.3) is 0 Å². The van der Waals surface area contributed by atoms with Crippen molar-refractivity contribution in [3.05, 3.63) is 48.5 Å². The monoisotopic (exact) mass is 283 g/mol. The summed E-state index contributed by atoms with van der Waals surface area (Å²) in [5.41, 5.74) is 0. The molecule has 0 spiro atoms. The van der Waals surface area contributed by atoms with Crippen molar-refractivity contribution in [1.29, 1.82) is 0 Å². The Bertz CT molecular complexity index is 626. The molecule has 1 N–H and O–H groups in total. The lowest BCUT2D eigenvalue weighted by Gasteiger charge is -2.07. The van der Waals surface area contributed by atoms with Gasteiger partial charge in [0.05, 0.1) is 4.90 Å². The van der Waals surface area contributed by atoms with E-state index in [0.717, 1.165) is 6.07 Å². The summed E-state index contributed by atoms with van der Waals surface area (Å²) in [4.78, 5) is -0.0633. The number of nitrogens with zero attached hydrogens (tertiary/aromatic N) is 2. The van der Waals surface area contributed by atoms with Gasteiger partial charge in [-0.2, -0.15) is 5.10 Å². The number of benzene rings is 1. The van der Waals surface area contributed by atoms with Gasteiger partial charge in [-0.05, 0) is 30.7 Å². The molecule has 0 aliphatic rings. The maximum absolute atomic E-state index is 13.0. The molecule has 0 amide bonds. The van der Waals surface area contributed by atoms with Crippen molar-refractivity contribution in [3.8, 4) is 0 Å². The van der Waals surface area contributed by atoms with E-state index >= 15 is 0 Å². The van der Waals surface area contributed by atoms with Gasteiger partial charge in [0.1, 0.15) is 5.82 Å². The number of halogens is 1. The summed E-state index contributed by atoms with van der Waals surface area (Å²) in [5, 5.41) is 4.01. The third-order valence-corrected chi connectivity index (χ3v) is 3.98. The third kappa shape index (κ3) is 3.87. The summed E-state index contributed by atoms with van der Waals surface area (Å²) >= 11 is 0. The minimum atomic E-state index is -3.64. The van der Waals surface area contributed by atoms with E-state index in [1.54, 1.807) is 23.1 Å². The van der Waals surface area contributed by atoms with Crippen LogP contribution in [0, 0.1) is 5.82 Å². The highest BCUT2D eigenvalue weighted by atomic mass is 32.2. The van der Waals surface area contributed by atoms with Gasteiger partial charge in [0.15, 0.2) is 0 Å². The number of nitrogens with one attached hydrogen (secondary N) is 1. The van der Waals surface area contributed by atoms with E-state index in [1.165, 1.54) is 18.2 Å². The molecule has 0 saturated heterocycles. The van der Waals surface area contributed by atoms with Gasteiger partial charge in [-0.15, -0.1) is 0 Å². The Morgan fingerprint density at radius 3 is 2.84 bits per heavy atom. The van der Waals surface area contributed by atoms with Crippen molar-refractivity contribution >= 4 is 10.0 Å². The molecule has 0 aliphatic carbocycles. The molecule has 0 saturated carbocycles. The highest BCUT2D eigenvalue weighted by Crippen LogP contribution is 2.10. The zero-order valence-electron chi connectivity index (χ0n) is 10.2. The van der Waals surface area contributed by atoms with Gasteiger partial charge in [-0.3, -0.25) is 4.68 Å². The van der Waals surface area contributed by atoms with Crippen LogP contribution in [0.15, 0.2) is 47.6 Å². The predicted octanol–water partition coefficient (Wildman–Crippen LogP) is 1.39. The molecule has 0 bridgehead atoms. The molecule has 5 nitrogen and oxygen atoms in total. The molecular weight excluding hydrogens is 269 g/mol. The van der Waals surface area contributed by atoms with Crippen LogP contribution in [-0.4, -0.2) is 24.7 Å². The van der Waals surface area contributed by atoms with Crippen LogP contribution in [0.1, 0.15) is 6.42 Å². The number of hydrogen-bond donors (Lipinski definition) is 1. The van der Waals surface area contributed by atoms with Crippen molar-refractivity contribution in [2.75, 3.05) is 6.54 Å². The van der Waals surface area contributed by atoms with Crippen LogP contribution in [0.2, 0.25) is 0 Å². The second-order valence-electron chi connectivity index (χ2n) is 3.98. The summed E-state index contributed by atoms with van der Waals surface area (Å²) in [5.74, 6) is -0.570. The van der Waals surface area contributed by atoms with Crippen molar-refractivity contribution in [2.24, 2.45) is 0 Å². The molecular formula is C12H14FN3O2S. The van der Waals surface area contributed by atoms with E-state index in [0.29, 0.717) is 13.0 Å². The lowest BCUT2D eigenvalue weighted by atomic mass is 10.4. The van der Waals surface area contributed by atoms with Crippen LogP contribution < -0.4 is 4.72 Å². The first-order valence-corrected chi connectivity index (χ1v) is 7.29. The summed E-state index contributed by atoms with van der Waals surface area (Å²) in [6.45, 7) is 0.900. The second-order valence-corrected chi connectivity index (χ2v) is 5.74. The minimum Gasteiger partial charge on any atom is -0.273 e. The van der Waals surface area contributed by atoms with Gasteiger partial charge in [0.25, 0.3) is 0 Å². The molecule has 2 aromatic rings. The Kier molecular flexibility index (Phi) is 4.28. The summed E-state index contributed by atoms with van der Waals surface area (Å²) in [6, 6.07) is 6.73. The maximum atomic E-state index is 13.0. The SMILES string of the molecule is O=S(=O)(NCCCn1cccn1)c1cccc(F)c1. The van der Waals surface area contributed by atoms with Crippen molar-refractivity contribution in [3.63, 3.8) is 0 Å². The minimum absolute atomic E-state index is 0.0633. The fraction of sp³-hybridized carbons (Fsp3) is 0.250. The Labute approximate surface area is 111 Å². The van der Waals surface area contributed by atoms with Gasteiger partial charge in [-0.1, -0.05) is 6.07 Å². The molecule has 7 heteroatoms. The summed E-state index contributed by atoms with van der Waals surface area (Å²) < 4.78 is 40.8. The van der Waals surface area contributed by atoms with Gasteiger partial charge < -0.3 is 0 Å². The molecule has 19 heavy (non-hydrogen) atoms. The molecule has 2 rings (SSSR count). The molecule has 0 unspecified atom stereocenters. The lowest BCUT2D eigenvalue weighted by molar-refractivity contribution is 0.551. The normalized spacial score (nSPS) is 11.6. The molecule has 102 valence electrons. The van der Waals surface area contributed by atoms with Crippen molar-refractivity contribution in [2.45, 2.75) is 17.9 Å². The number of aromatic nitrogens is 2. The maximum Gasteiger partial charge on any atom is 0.240 e. The van der Waals surface area contributed by atoms with E-state index in [4.69, 9.17) is 0 Å². The summed E-state index contributed by atoms with van der Waals surface area (Å²) in [7, 11) is -3.64.